The molecule has 0 saturated carbocycles. The van der Waals surface area contributed by atoms with Gasteiger partial charge in [-0.25, -0.2) is 0 Å². The average molecular weight is 358 g/mol. The third kappa shape index (κ3) is 2.67. The van der Waals surface area contributed by atoms with Gasteiger partial charge >= 0.3 is 5.97 Å². The highest BCUT2D eigenvalue weighted by molar-refractivity contribution is 5.66. The lowest BCUT2D eigenvalue weighted by Crippen LogP contribution is -2.60. The van der Waals surface area contributed by atoms with Crippen molar-refractivity contribution in [3.63, 3.8) is 0 Å². The molecule has 4 fully saturated rings. The molecule has 5 heterocycles. The lowest BCUT2D eigenvalue weighted by atomic mass is 9.75. The first kappa shape index (κ1) is 16.4. The number of hydrogen-bond donors (Lipinski definition) is 1. The van der Waals surface area contributed by atoms with Gasteiger partial charge in [0.25, 0.3) is 0 Å². The normalized spacial score (nSPS) is 34.8. The summed E-state index contributed by atoms with van der Waals surface area (Å²) in [6.07, 6.45) is 3.56. The Hall–Kier alpha value is -1.79. The molecule has 1 N–H and O–H groups in total. The molecule has 140 valence electrons. The van der Waals surface area contributed by atoms with E-state index in [-0.39, 0.29) is 6.42 Å². The minimum atomic E-state index is -0.693. The third-order valence-corrected chi connectivity index (χ3v) is 6.75. The Morgan fingerprint density at radius 3 is 2.77 bits per heavy atom. The molecule has 0 unspecified atom stereocenters. The van der Waals surface area contributed by atoms with Gasteiger partial charge in [0.15, 0.2) is 11.5 Å². The Morgan fingerprint density at radius 2 is 1.96 bits per heavy atom. The number of carbonyl (C=O) groups is 1. The van der Waals surface area contributed by atoms with Crippen molar-refractivity contribution in [1.29, 1.82) is 0 Å². The third-order valence-electron chi connectivity index (χ3n) is 6.75. The Balaban J connectivity index is 1.41. The van der Waals surface area contributed by atoms with Crippen molar-refractivity contribution >= 4 is 5.97 Å². The first-order valence-electron chi connectivity index (χ1n) is 9.80. The maximum Gasteiger partial charge on any atom is 0.303 e. The summed E-state index contributed by atoms with van der Waals surface area (Å²) < 4.78 is 11.1. The Bertz CT molecular complexity index is 701. The van der Waals surface area contributed by atoms with Crippen LogP contribution in [-0.4, -0.2) is 65.9 Å². The predicted octanol–water partition coefficient (Wildman–Crippen LogP) is 2.14. The van der Waals surface area contributed by atoms with Crippen LogP contribution in [0.25, 0.3) is 0 Å². The number of hydrogen-bond acceptors (Lipinski definition) is 5. The molecule has 1 aromatic carbocycles. The number of aliphatic carboxylic acids is 1. The summed E-state index contributed by atoms with van der Waals surface area (Å²) in [6.45, 7) is 4.62. The smallest absolute Gasteiger partial charge is 0.303 e. The summed E-state index contributed by atoms with van der Waals surface area (Å²) in [4.78, 5) is 16.2. The molecular formula is C20H26N2O4. The fourth-order valence-corrected chi connectivity index (χ4v) is 5.66. The summed E-state index contributed by atoms with van der Waals surface area (Å²) in [5.74, 6) is 2.23. The molecule has 1 aromatic rings. The highest BCUT2D eigenvalue weighted by atomic mass is 16.7. The van der Waals surface area contributed by atoms with Crippen molar-refractivity contribution < 1.29 is 19.4 Å². The number of nitrogens with zero attached hydrogens (tertiary/aromatic N) is 2. The van der Waals surface area contributed by atoms with Crippen LogP contribution in [0.3, 0.4) is 0 Å². The maximum absolute atomic E-state index is 10.9. The van der Waals surface area contributed by atoms with Gasteiger partial charge in [-0.15, -0.1) is 0 Å². The van der Waals surface area contributed by atoms with Crippen molar-refractivity contribution in [3.8, 4) is 11.5 Å². The molecule has 0 aliphatic carbocycles. The van der Waals surface area contributed by atoms with Gasteiger partial charge in [-0.3, -0.25) is 14.6 Å². The molecule has 5 aliphatic rings. The number of likely N-dealkylation sites (tertiary alicyclic amines) is 1. The van der Waals surface area contributed by atoms with E-state index in [1.165, 1.54) is 31.5 Å². The highest BCUT2D eigenvalue weighted by Crippen LogP contribution is 2.47. The number of benzene rings is 1. The SMILES string of the molecule is O=C(O)CCCN1C[C@H](c2ccc3c(c2)OCO3)[C@H]2[C@@H]1C1CCN2CC1. The summed E-state index contributed by atoms with van der Waals surface area (Å²) >= 11 is 0. The zero-order valence-corrected chi connectivity index (χ0v) is 15.0. The van der Waals surface area contributed by atoms with Crippen LogP contribution < -0.4 is 9.47 Å². The van der Waals surface area contributed by atoms with E-state index in [1.54, 1.807) is 0 Å². The molecule has 3 atom stereocenters. The number of fused-ring (bicyclic) bond motifs is 3. The van der Waals surface area contributed by atoms with E-state index >= 15 is 0 Å². The van der Waals surface area contributed by atoms with Crippen molar-refractivity contribution in [3.05, 3.63) is 23.8 Å². The van der Waals surface area contributed by atoms with Crippen molar-refractivity contribution in [2.24, 2.45) is 5.92 Å². The first-order chi connectivity index (χ1) is 12.7. The predicted molar refractivity (Wildman–Crippen MR) is 95.6 cm³/mol. The van der Waals surface area contributed by atoms with E-state index in [0.29, 0.717) is 24.8 Å². The van der Waals surface area contributed by atoms with Crippen LogP contribution in [0.15, 0.2) is 18.2 Å². The Kier molecular flexibility index (Phi) is 4.05. The van der Waals surface area contributed by atoms with Gasteiger partial charge < -0.3 is 14.6 Å². The number of rotatable bonds is 5. The fraction of sp³-hybridized carbons (Fsp3) is 0.650. The van der Waals surface area contributed by atoms with E-state index in [4.69, 9.17) is 14.6 Å². The standard InChI is InChI=1S/C20H26N2O4/c23-18(24)2-1-7-22-11-15(14-3-4-16-17(10-14)26-12-25-16)20-19(22)13-5-8-21(20)9-6-13/h3-4,10,13,15,19-20H,1-2,5-9,11-12H2,(H,23,24)/t15-,19+,20+/m1/s1. The molecule has 0 radical (unpaired) electrons. The molecule has 0 amide bonds. The van der Waals surface area contributed by atoms with Crippen LogP contribution in [0.5, 0.6) is 11.5 Å². The molecule has 6 rings (SSSR count). The van der Waals surface area contributed by atoms with E-state index < -0.39 is 5.97 Å². The summed E-state index contributed by atoms with van der Waals surface area (Å²) in [5, 5.41) is 8.99. The molecule has 0 spiro atoms. The summed E-state index contributed by atoms with van der Waals surface area (Å²) in [7, 11) is 0. The summed E-state index contributed by atoms with van der Waals surface area (Å²) in [6, 6.07) is 7.51. The molecular weight excluding hydrogens is 332 g/mol. The van der Waals surface area contributed by atoms with Crippen molar-refractivity contribution in [2.45, 2.75) is 43.7 Å². The number of piperidine rings is 3. The van der Waals surface area contributed by atoms with Gasteiger partial charge in [0.2, 0.25) is 6.79 Å². The first-order valence-corrected chi connectivity index (χ1v) is 9.80. The van der Waals surface area contributed by atoms with E-state index in [2.05, 4.69) is 21.9 Å². The lowest BCUT2D eigenvalue weighted by Gasteiger charge is -2.51. The quantitative estimate of drug-likeness (QED) is 0.870. The van der Waals surface area contributed by atoms with Gasteiger partial charge in [0.05, 0.1) is 0 Å². The van der Waals surface area contributed by atoms with Crippen LogP contribution in [0.4, 0.5) is 0 Å². The molecule has 4 saturated heterocycles. The topological polar surface area (TPSA) is 62.2 Å². The number of carboxylic acids is 1. The van der Waals surface area contributed by atoms with Crippen LogP contribution >= 0.6 is 0 Å². The second kappa shape index (κ2) is 6.43. The second-order valence-corrected chi connectivity index (χ2v) is 8.07. The minimum Gasteiger partial charge on any atom is -0.481 e. The monoisotopic (exact) mass is 358 g/mol. The molecule has 0 aromatic heterocycles. The minimum absolute atomic E-state index is 0.261. The summed E-state index contributed by atoms with van der Waals surface area (Å²) in [5.41, 5.74) is 1.33. The molecule has 6 heteroatoms. The Morgan fingerprint density at radius 1 is 1.15 bits per heavy atom. The second-order valence-electron chi connectivity index (χ2n) is 8.07. The van der Waals surface area contributed by atoms with Gasteiger partial charge in [0, 0.05) is 31.0 Å². The van der Waals surface area contributed by atoms with E-state index in [0.717, 1.165) is 36.9 Å². The largest absolute Gasteiger partial charge is 0.481 e. The van der Waals surface area contributed by atoms with Crippen molar-refractivity contribution in [1.82, 2.24) is 9.80 Å². The molecule has 5 aliphatic heterocycles. The van der Waals surface area contributed by atoms with Crippen LogP contribution in [0, 0.1) is 5.92 Å². The van der Waals surface area contributed by atoms with Crippen LogP contribution in [0.1, 0.15) is 37.2 Å². The molecule has 2 bridgehead atoms. The van der Waals surface area contributed by atoms with Gasteiger partial charge in [-0.2, -0.15) is 0 Å². The lowest BCUT2D eigenvalue weighted by molar-refractivity contribution is -0.137. The zero-order chi connectivity index (χ0) is 17.7. The van der Waals surface area contributed by atoms with Gasteiger partial charge in [0.1, 0.15) is 0 Å². The van der Waals surface area contributed by atoms with Crippen LogP contribution in [0.2, 0.25) is 0 Å². The molecule has 26 heavy (non-hydrogen) atoms. The van der Waals surface area contributed by atoms with Crippen LogP contribution in [-0.2, 0) is 4.79 Å². The van der Waals surface area contributed by atoms with E-state index in [9.17, 15) is 4.79 Å². The highest BCUT2D eigenvalue weighted by Gasteiger charge is 2.53. The fourth-order valence-electron chi connectivity index (χ4n) is 5.66. The van der Waals surface area contributed by atoms with Gasteiger partial charge in [-0.05, 0) is 62.5 Å². The zero-order valence-electron chi connectivity index (χ0n) is 15.0. The van der Waals surface area contributed by atoms with E-state index in [1.807, 2.05) is 6.07 Å². The average Bonchev–Trinajstić information content (AvgIpc) is 3.27. The number of carboxylic acid groups (broad SMARTS) is 1. The molecule has 6 nitrogen and oxygen atoms in total. The van der Waals surface area contributed by atoms with Crippen molar-refractivity contribution in [2.75, 3.05) is 33.0 Å². The van der Waals surface area contributed by atoms with Gasteiger partial charge in [-0.1, -0.05) is 6.07 Å². The number of ether oxygens (including phenoxy) is 2. The Labute approximate surface area is 153 Å². The maximum atomic E-state index is 10.9.